The number of anilines is 2. The Hall–Kier alpha value is -3.10. The number of nitrogens with zero attached hydrogens (tertiary/aromatic N) is 1. The summed E-state index contributed by atoms with van der Waals surface area (Å²) in [5, 5.41) is 11.1. The Balaban J connectivity index is 2.17. The summed E-state index contributed by atoms with van der Waals surface area (Å²) in [6.07, 6.45) is -0.458. The molecule has 1 heterocycles. The highest BCUT2D eigenvalue weighted by Crippen LogP contribution is 2.34. The van der Waals surface area contributed by atoms with Crippen molar-refractivity contribution in [2.24, 2.45) is 0 Å². The number of methoxy groups -OCH3 is 1. The van der Waals surface area contributed by atoms with E-state index < -0.39 is 23.8 Å². The van der Waals surface area contributed by atoms with Crippen LogP contribution >= 0.6 is 0 Å². The maximum atomic E-state index is 12.0. The number of carbonyl (C=O) groups excluding carboxylic acids is 3. The number of fused-ring (bicyclic) bond motifs is 1. The molecule has 0 unspecified atom stereocenters. The average molecular weight is 336 g/mol. The van der Waals surface area contributed by atoms with Gasteiger partial charge in [0.25, 0.3) is 5.91 Å². The van der Waals surface area contributed by atoms with Gasteiger partial charge >= 0.3 is 11.9 Å². The Bertz CT molecular complexity index is 686. The van der Waals surface area contributed by atoms with Gasteiger partial charge in [0.1, 0.15) is 12.3 Å². The predicted molar refractivity (Wildman–Crippen MR) is 81.8 cm³/mol. The SMILES string of the molecule is COC(=O)CN1C(=O)COc2ccc(NC(=O)CCC(=O)O)cc21. The molecule has 9 nitrogen and oxygen atoms in total. The van der Waals surface area contributed by atoms with E-state index in [0.29, 0.717) is 17.1 Å². The fourth-order valence-electron chi connectivity index (χ4n) is 2.09. The van der Waals surface area contributed by atoms with Gasteiger partial charge in [-0.2, -0.15) is 0 Å². The van der Waals surface area contributed by atoms with Gasteiger partial charge in [-0.1, -0.05) is 0 Å². The monoisotopic (exact) mass is 336 g/mol. The first-order chi connectivity index (χ1) is 11.4. The average Bonchev–Trinajstić information content (AvgIpc) is 2.55. The van der Waals surface area contributed by atoms with E-state index in [9.17, 15) is 19.2 Å². The van der Waals surface area contributed by atoms with Crippen molar-refractivity contribution in [1.29, 1.82) is 0 Å². The fraction of sp³-hybridized carbons (Fsp3) is 0.333. The minimum atomic E-state index is -1.07. The molecule has 0 aromatic heterocycles. The van der Waals surface area contributed by atoms with E-state index in [1.807, 2.05) is 0 Å². The molecule has 0 bridgehead atoms. The highest BCUT2D eigenvalue weighted by atomic mass is 16.5. The molecular weight excluding hydrogens is 320 g/mol. The van der Waals surface area contributed by atoms with E-state index in [-0.39, 0.29) is 26.0 Å². The summed E-state index contributed by atoms with van der Waals surface area (Å²) in [6, 6.07) is 4.59. The first-order valence-corrected chi connectivity index (χ1v) is 7.06. The Morgan fingerprint density at radius 3 is 2.75 bits per heavy atom. The highest BCUT2D eigenvalue weighted by Gasteiger charge is 2.28. The van der Waals surface area contributed by atoms with Crippen molar-refractivity contribution in [2.75, 3.05) is 30.5 Å². The quantitative estimate of drug-likeness (QED) is 0.720. The van der Waals surface area contributed by atoms with Crippen LogP contribution in [0, 0.1) is 0 Å². The Kier molecular flexibility index (Phi) is 5.35. The Labute approximate surface area is 137 Å². The van der Waals surface area contributed by atoms with E-state index in [2.05, 4.69) is 10.1 Å². The van der Waals surface area contributed by atoms with Gasteiger partial charge < -0.3 is 19.9 Å². The molecule has 0 spiro atoms. The van der Waals surface area contributed by atoms with Crippen LogP contribution in [0.4, 0.5) is 11.4 Å². The van der Waals surface area contributed by atoms with Gasteiger partial charge in [-0.05, 0) is 18.2 Å². The van der Waals surface area contributed by atoms with Crippen molar-refractivity contribution in [1.82, 2.24) is 0 Å². The normalized spacial score (nSPS) is 12.9. The molecule has 0 atom stereocenters. The van der Waals surface area contributed by atoms with E-state index >= 15 is 0 Å². The summed E-state index contributed by atoms with van der Waals surface area (Å²) in [7, 11) is 1.22. The van der Waals surface area contributed by atoms with Crippen LogP contribution < -0.4 is 15.0 Å². The molecule has 1 aliphatic heterocycles. The van der Waals surface area contributed by atoms with Crippen LogP contribution in [0.1, 0.15) is 12.8 Å². The highest BCUT2D eigenvalue weighted by molar-refractivity contribution is 6.02. The van der Waals surface area contributed by atoms with Crippen LogP contribution in [0.25, 0.3) is 0 Å². The third-order valence-electron chi connectivity index (χ3n) is 3.27. The van der Waals surface area contributed by atoms with Gasteiger partial charge in [-0.25, -0.2) is 0 Å². The van der Waals surface area contributed by atoms with Gasteiger partial charge in [-0.3, -0.25) is 24.1 Å². The first-order valence-electron chi connectivity index (χ1n) is 7.06. The second-order valence-electron chi connectivity index (χ2n) is 4.97. The van der Waals surface area contributed by atoms with Crippen molar-refractivity contribution in [3.8, 4) is 5.75 Å². The maximum Gasteiger partial charge on any atom is 0.325 e. The molecule has 0 aliphatic carbocycles. The second kappa shape index (κ2) is 7.44. The van der Waals surface area contributed by atoms with Crippen LogP contribution in [0.2, 0.25) is 0 Å². The van der Waals surface area contributed by atoms with Gasteiger partial charge in [-0.15, -0.1) is 0 Å². The summed E-state index contributed by atoms with van der Waals surface area (Å²) >= 11 is 0. The summed E-state index contributed by atoms with van der Waals surface area (Å²) in [5.74, 6) is -2.16. The lowest BCUT2D eigenvalue weighted by atomic mass is 10.2. The smallest absolute Gasteiger partial charge is 0.325 e. The van der Waals surface area contributed by atoms with Crippen LogP contribution in [0.5, 0.6) is 5.75 Å². The molecule has 0 saturated heterocycles. The van der Waals surface area contributed by atoms with E-state index in [1.54, 1.807) is 12.1 Å². The summed E-state index contributed by atoms with van der Waals surface area (Å²) < 4.78 is 9.85. The molecule has 0 saturated carbocycles. The van der Waals surface area contributed by atoms with E-state index in [0.717, 1.165) is 0 Å². The molecule has 1 aromatic carbocycles. The molecule has 2 N–H and O–H groups in total. The lowest BCUT2D eigenvalue weighted by molar-refractivity contribution is -0.140. The molecule has 1 aliphatic rings. The summed E-state index contributed by atoms with van der Waals surface area (Å²) in [5.41, 5.74) is 0.685. The van der Waals surface area contributed by atoms with Crippen molar-refractivity contribution >= 4 is 35.1 Å². The molecule has 128 valence electrons. The number of amides is 2. The lowest BCUT2D eigenvalue weighted by Crippen LogP contribution is -2.42. The Morgan fingerprint density at radius 1 is 1.33 bits per heavy atom. The molecule has 1 aromatic rings. The first kappa shape index (κ1) is 17.3. The van der Waals surface area contributed by atoms with Gasteiger partial charge in [0, 0.05) is 12.1 Å². The number of carboxylic acid groups (broad SMARTS) is 1. The second-order valence-corrected chi connectivity index (χ2v) is 4.97. The number of aliphatic carboxylic acids is 1. The Morgan fingerprint density at radius 2 is 2.08 bits per heavy atom. The molecule has 0 fully saturated rings. The van der Waals surface area contributed by atoms with Crippen molar-refractivity contribution < 1.29 is 33.8 Å². The van der Waals surface area contributed by atoms with Crippen molar-refractivity contribution in [3.05, 3.63) is 18.2 Å². The number of carbonyl (C=O) groups is 4. The van der Waals surface area contributed by atoms with Gasteiger partial charge in [0.15, 0.2) is 6.61 Å². The van der Waals surface area contributed by atoms with Crippen molar-refractivity contribution in [3.63, 3.8) is 0 Å². The number of hydrogen-bond donors (Lipinski definition) is 2. The minimum Gasteiger partial charge on any atom is -0.482 e. The van der Waals surface area contributed by atoms with E-state index in [4.69, 9.17) is 9.84 Å². The zero-order chi connectivity index (χ0) is 17.7. The van der Waals surface area contributed by atoms with Gasteiger partial charge in [0.05, 0.1) is 19.2 Å². The molecule has 24 heavy (non-hydrogen) atoms. The molecule has 2 amide bonds. The number of carboxylic acids is 1. The zero-order valence-corrected chi connectivity index (χ0v) is 12.9. The minimum absolute atomic E-state index is 0.173. The van der Waals surface area contributed by atoms with Crippen LogP contribution in [-0.2, 0) is 23.9 Å². The molecule has 2 rings (SSSR count). The third kappa shape index (κ3) is 4.22. The third-order valence-corrected chi connectivity index (χ3v) is 3.27. The molecule has 9 heteroatoms. The number of hydrogen-bond acceptors (Lipinski definition) is 6. The number of benzene rings is 1. The summed E-state index contributed by atoms with van der Waals surface area (Å²) in [4.78, 5) is 46.8. The summed E-state index contributed by atoms with van der Waals surface area (Å²) in [6.45, 7) is -0.476. The van der Waals surface area contributed by atoms with Crippen LogP contribution in [-0.4, -0.2) is 49.1 Å². The van der Waals surface area contributed by atoms with Crippen molar-refractivity contribution in [2.45, 2.75) is 12.8 Å². The zero-order valence-electron chi connectivity index (χ0n) is 12.9. The van der Waals surface area contributed by atoms with E-state index in [1.165, 1.54) is 18.1 Å². The van der Waals surface area contributed by atoms with Gasteiger partial charge in [0.2, 0.25) is 5.91 Å². The molecular formula is C15H16N2O7. The largest absolute Gasteiger partial charge is 0.482 e. The predicted octanol–water partition coefficient (Wildman–Crippen LogP) is 0.388. The standard InChI is InChI=1S/C15H16N2O7/c1-23-15(22)7-17-10-6-9(16-12(18)4-5-14(20)21)2-3-11(10)24-8-13(17)19/h2-3,6H,4-5,7-8H2,1H3,(H,16,18)(H,20,21). The maximum absolute atomic E-state index is 12.0. The molecule has 0 radical (unpaired) electrons. The van der Waals surface area contributed by atoms with Crippen LogP contribution in [0.15, 0.2) is 18.2 Å². The number of nitrogens with one attached hydrogen (secondary N) is 1. The number of ether oxygens (including phenoxy) is 2. The number of rotatable bonds is 6. The number of esters is 1. The fourth-order valence-corrected chi connectivity index (χ4v) is 2.09. The lowest BCUT2D eigenvalue weighted by Gasteiger charge is -2.28. The van der Waals surface area contributed by atoms with Crippen LogP contribution in [0.3, 0.4) is 0 Å². The topological polar surface area (TPSA) is 122 Å².